The Bertz CT molecular complexity index is 447. The second-order valence-electron chi connectivity index (χ2n) is 4.86. The van der Waals surface area contributed by atoms with Crippen molar-refractivity contribution in [1.29, 1.82) is 0 Å². The van der Waals surface area contributed by atoms with Gasteiger partial charge in [0.05, 0.1) is 12.3 Å². The van der Waals surface area contributed by atoms with Crippen LogP contribution in [-0.4, -0.2) is 35.8 Å². The van der Waals surface area contributed by atoms with Gasteiger partial charge in [0.25, 0.3) is 0 Å². The summed E-state index contributed by atoms with van der Waals surface area (Å²) in [6.45, 7) is 5.65. The summed E-state index contributed by atoms with van der Waals surface area (Å²) in [4.78, 5) is 14.1. The van der Waals surface area contributed by atoms with E-state index in [1.807, 2.05) is 30.3 Å². The highest BCUT2D eigenvalue weighted by Crippen LogP contribution is 2.15. The minimum absolute atomic E-state index is 0.0783. The Kier molecular flexibility index (Phi) is 4.86. The zero-order valence-corrected chi connectivity index (χ0v) is 11.7. The number of alkyl halides is 1. The van der Waals surface area contributed by atoms with Crippen LogP contribution in [0.3, 0.4) is 0 Å². The second-order valence-corrected chi connectivity index (χ2v) is 5.13. The normalized spacial score (nSPS) is 18.4. The van der Waals surface area contributed by atoms with Gasteiger partial charge in [-0.05, 0) is 12.0 Å². The molecule has 102 valence electrons. The van der Waals surface area contributed by atoms with E-state index >= 15 is 0 Å². The number of hydrogen-bond donors (Lipinski definition) is 1. The fraction of sp³-hybridized carbons (Fsp3) is 0.400. The molecule has 0 aromatic heterocycles. The van der Waals surface area contributed by atoms with Crippen LogP contribution in [0.1, 0.15) is 12.0 Å². The van der Waals surface area contributed by atoms with Crippen molar-refractivity contribution in [3.63, 3.8) is 0 Å². The summed E-state index contributed by atoms with van der Waals surface area (Å²) in [6.07, 6.45) is 1.39. The van der Waals surface area contributed by atoms with E-state index in [1.54, 1.807) is 0 Å². The molecule has 1 amide bonds. The highest BCUT2D eigenvalue weighted by atomic mass is 35.5. The largest absolute Gasteiger partial charge is 0.372 e. The van der Waals surface area contributed by atoms with E-state index in [9.17, 15) is 4.79 Å². The van der Waals surface area contributed by atoms with Crippen molar-refractivity contribution in [2.45, 2.75) is 18.9 Å². The second kappa shape index (κ2) is 6.62. The average Bonchev–Trinajstić information content (AvgIpc) is 2.87. The number of allylic oxidation sites excluding steroid dienone is 1. The van der Waals surface area contributed by atoms with Gasteiger partial charge in [0.2, 0.25) is 5.91 Å². The minimum atomic E-state index is 0.0783. The molecule has 1 unspecified atom stereocenters. The number of carbonyl (C=O) groups is 1. The van der Waals surface area contributed by atoms with Crippen LogP contribution in [0.4, 0.5) is 0 Å². The molecule has 0 saturated carbocycles. The lowest BCUT2D eigenvalue weighted by Gasteiger charge is -2.19. The third kappa shape index (κ3) is 4.00. The highest BCUT2D eigenvalue weighted by molar-refractivity contribution is 6.19. The number of amides is 1. The van der Waals surface area contributed by atoms with E-state index in [1.165, 1.54) is 0 Å². The Hall–Kier alpha value is -1.48. The molecule has 1 aromatic rings. The summed E-state index contributed by atoms with van der Waals surface area (Å²) in [6, 6.07) is 9.99. The van der Waals surface area contributed by atoms with Crippen LogP contribution in [-0.2, 0) is 11.2 Å². The molecule has 0 aliphatic carbocycles. The molecule has 4 heteroatoms. The number of halogens is 1. The lowest BCUT2D eigenvalue weighted by atomic mass is 10.1. The van der Waals surface area contributed by atoms with E-state index < -0.39 is 0 Å². The Labute approximate surface area is 119 Å². The molecule has 3 nitrogen and oxygen atoms in total. The smallest absolute Gasteiger partial charge is 0.224 e. The van der Waals surface area contributed by atoms with Crippen molar-refractivity contribution in [3.05, 3.63) is 48.2 Å². The maximum absolute atomic E-state index is 11.9. The Morgan fingerprint density at radius 1 is 1.42 bits per heavy atom. The van der Waals surface area contributed by atoms with Crippen LogP contribution in [0, 0.1) is 0 Å². The zero-order valence-electron chi connectivity index (χ0n) is 10.9. The molecule has 19 heavy (non-hydrogen) atoms. The first-order chi connectivity index (χ1) is 9.19. The molecule has 0 bridgehead atoms. The van der Waals surface area contributed by atoms with Crippen molar-refractivity contribution in [2.75, 3.05) is 19.0 Å². The first kappa shape index (κ1) is 13.9. The van der Waals surface area contributed by atoms with Gasteiger partial charge in [-0.3, -0.25) is 4.79 Å². The van der Waals surface area contributed by atoms with Crippen molar-refractivity contribution < 1.29 is 4.79 Å². The van der Waals surface area contributed by atoms with Gasteiger partial charge in [0.15, 0.2) is 0 Å². The Morgan fingerprint density at radius 2 is 2.16 bits per heavy atom. The van der Waals surface area contributed by atoms with Crippen molar-refractivity contribution >= 4 is 17.5 Å². The number of nitrogens with zero attached hydrogens (tertiary/aromatic N) is 1. The number of carbonyl (C=O) groups excluding carboxylic acids is 1. The average molecular weight is 279 g/mol. The molecule has 1 aromatic carbocycles. The predicted octanol–water partition coefficient (Wildman–Crippen LogP) is 2.17. The van der Waals surface area contributed by atoms with Crippen molar-refractivity contribution in [1.82, 2.24) is 10.2 Å². The first-order valence-corrected chi connectivity index (χ1v) is 7.04. The van der Waals surface area contributed by atoms with Gasteiger partial charge in [-0.15, -0.1) is 11.6 Å². The number of rotatable bonds is 5. The van der Waals surface area contributed by atoms with Gasteiger partial charge < -0.3 is 10.2 Å². The summed E-state index contributed by atoms with van der Waals surface area (Å²) < 4.78 is 0. The maximum atomic E-state index is 11.9. The Morgan fingerprint density at radius 3 is 2.84 bits per heavy atom. The number of benzene rings is 1. The minimum Gasteiger partial charge on any atom is -0.372 e. The van der Waals surface area contributed by atoms with Gasteiger partial charge in [-0.25, -0.2) is 0 Å². The Balaban J connectivity index is 1.79. The molecule has 1 fully saturated rings. The molecule has 1 atom stereocenters. The van der Waals surface area contributed by atoms with Gasteiger partial charge in [-0.2, -0.15) is 0 Å². The molecule has 1 N–H and O–H groups in total. The van der Waals surface area contributed by atoms with Crippen molar-refractivity contribution in [3.8, 4) is 0 Å². The van der Waals surface area contributed by atoms with Crippen LogP contribution < -0.4 is 5.32 Å². The summed E-state index contributed by atoms with van der Waals surface area (Å²) in [5.41, 5.74) is 1.97. The summed E-state index contributed by atoms with van der Waals surface area (Å²) >= 11 is 5.76. The molecule has 0 radical (unpaired) electrons. The maximum Gasteiger partial charge on any atom is 0.224 e. The standard InChI is InChI=1S/C15H19ClN2O/c1-12(10-16)18-8-7-14(11-18)17-15(19)9-13-5-3-2-4-6-13/h2-6,14H,1,7-11H2,(H,17,19). The van der Waals surface area contributed by atoms with Crippen LogP contribution in [0.2, 0.25) is 0 Å². The van der Waals surface area contributed by atoms with Gasteiger partial charge in [0.1, 0.15) is 0 Å². The molecule has 1 aliphatic heterocycles. The van der Waals surface area contributed by atoms with Crippen LogP contribution in [0.5, 0.6) is 0 Å². The van der Waals surface area contributed by atoms with Crippen LogP contribution in [0.15, 0.2) is 42.6 Å². The molecular formula is C15H19ClN2O. The molecule has 1 heterocycles. The molecule has 2 rings (SSSR count). The van der Waals surface area contributed by atoms with E-state index in [2.05, 4.69) is 16.8 Å². The monoisotopic (exact) mass is 278 g/mol. The predicted molar refractivity (Wildman–Crippen MR) is 78.1 cm³/mol. The van der Waals surface area contributed by atoms with E-state index in [4.69, 9.17) is 11.6 Å². The quantitative estimate of drug-likeness (QED) is 0.838. The highest BCUT2D eigenvalue weighted by Gasteiger charge is 2.24. The molecule has 0 spiro atoms. The van der Waals surface area contributed by atoms with Crippen molar-refractivity contribution in [2.24, 2.45) is 0 Å². The third-order valence-corrected chi connectivity index (χ3v) is 3.67. The van der Waals surface area contributed by atoms with Crippen LogP contribution in [0.25, 0.3) is 0 Å². The fourth-order valence-corrected chi connectivity index (χ4v) is 2.48. The summed E-state index contributed by atoms with van der Waals surface area (Å²) in [7, 11) is 0. The lowest BCUT2D eigenvalue weighted by molar-refractivity contribution is -0.121. The van der Waals surface area contributed by atoms with E-state index in [-0.39, 0.29) is 11.9 Å². The molecule has 1 saturated heterocycles. The van der Waals surface area contributed by atoms with E-state index in [0.717, 1.165) is 30.8 Å². The molecular weight excluding hydrogens is 260 g/mol. The number of likely N-dealkylation sites (tertiary alicyclic amines) is 1. The molecule has 1 aliphatic rings. The fourth-order valence-electron chi connectivity index (χ4n) is 2.31. The van der Waals surface area contributed by atoms with Crippen LogP contribution >= 0.6 is 11.6 Å². The van der Waals surface area contributed by atoms with Gasteiger partial charge in [0, 0.05) is 24.8 Å². The number of nitrogens with one attached hydrogen (secondary N) is 1. The lowest BCUT2D eigenvalue weighted by Crippen LogP contribution is -2.37. The number of hydrogen-bond acceptors (Lipinski definition) is 2. The SMILES string of the molecule is C=C(CCl)N1CCC(NC(=O)Cc2ccccc2)C1. The first-order valence-electron chi connectivity index (χ1n) is 6.51. The summed E-state index contributed by atoms with van der Waals surface area (Å²) in [5.74, 6) is 0.527. The topological polar surface area (TPSA) is 32.3 Å². The summed E-state index contributed by atoms with van der Waals surface area (Å²) in [5, 5.41) is 3.07. The van der Waals surface area contributed by atoms with Gasteiger partial charge >= 0.3 is 0 Å². The third-order valence-electron chi connectivity index (χ3n) is 3.36. The van der Waals surface area contributed by atoms with Gasteiger partial charge in [-0.1, -0.05) is 36.9 Å². The zero-order chi connectivity index (χ0) is 13.7. The van der Waals surface area contributed by atoms with E-state index in [0.29, 0.717) is 12.3 Å².